The van der Waals surface area contributed by atoms with Gasteiger partial charge in [-0.25, -0.2) is 4.39 Å². The lowest BCUT2D eigenvalue weighted by Crippen LogP contribution is -2.42. The van der Waals surface area contributed by atoms with Gasteiger partial charge in [-0.2, -0.15) is 0 Å². The molecule has 4 nitrogen and oxygen atoms in total. The number of amides is 1. The van der Waals surface area contributed by atoms with Crippen molar-refractivity contribution in [3.63, 3.8) is 0 Å². The largest absolute Gasteiger partial charge is 0.334 e. The highest BCUT2D eigenvalue weighted by molar-refractivity contribution is 5.95. The summed E-state index contributed by atoms with van der Waals surface area (Å²) in [4.78, 5) is 21.3. The summed E-state index contributed by atoms with van der Waals surface area (Å²) in [5, 5.41) is 0. The maximum atomic E-state index is 14.7. The second-order valence-electron chi connectivity index (χ2n) is 7.24. The van der Waals surface area contributed by atoms with Crippen molar-refractivity contribution in [1.29, 1.82) is 0 Å². The number of hydrogen-bond acceptors (Lipinski definition) is 3. The second-order valence-corrected chi connectivity index (χ2v) is 7.24. The highest BCUT2D eigenvalue weighted by Crippen LogP contribution is 2.26. The van der Waals surface area contributed by atoms with Gasteiger partial charge in [0.2, 0.25) is 0 Å². The Morgan fingerprint density at radius 1 is 1.12 bits per heavy atom. The number of hydrogen-bond donors (Lipinski definition) is 0. The molecule has 0 spiro atoms. The van der Waals surface area contributed by atoms with Crippen LogP contribution in [0.4, 0.5) is 4.39 Å². The Morgan fingerprint density at radius 3 is 2.69 bits per heavy atom. The van der Waals surface area contributed by atoms with Gasteiger partial charge in [0.1, 0.15) is 5.82 Å². The predicted molar refractivity (Wildman–Crippen MR) is 99.4 cm³/mol. The molecule has 2 saturated heterocycles. The minimum Gasteiger partial charge on any atom is -0.334 e. The Morgan fingerprint density at radius 2 is 1.96 bits per heavy atom. The van der Waals surface area contributed by atoms with E-state index >= 15 is 0 Å². The van der Waals surface area contributed by atoms with Crippen LogP contribution in [0.25, 0.3) is 11.1 Å². The molecule has 3 heterocycles. The molecular formula is C21H24FN3O. The Kier molecular flexibility index (Phi) is 4.98. The first kappa shape index (κ1) is 17.2. The molecule has 1 aromatic heterocycles. The molecule has 0 N–H and O–H groups in total. The predicted octanol–water partition coefficient (Wildman–Crippen LogP) is 3.59. The first-order chi connectivity index (χ1) is 12.7. The van der Waals surface area contributed by atoms with E-state index in [2.05, 4.69) is 9.88 Å². The van der Waals surface area contributed by atoms with E-state index in [0.717, 1.165) is 50.1 Å². The van der Waals surface area contributed by atoms with Gasteiger partial charge in [0.05, 0.1) is 5.56 Å². The van der Waals surface area contributed by atoms with E-state index in [1.54, 1.807) is 24.5 Å². The molecule has 2 aromatic rings. The lowest BCUT2D eigenvalue weighted by molar-refractivity contribution is 0.0704. The van der Waals surface area contributed by atoms with E-state index in [4.69, 9.17) is 0 Å². The van der Waals surface area contributed by atoms with Gasteiger partial charge in [0.25, 0.3) is 5.91 Å². The van der Waals surface area contributed by atoms with Gasteiger partial charge in [-0.1, -0.05) is 12.1 Å². The van der Waals surface area contributed by atoms with Crippen molar-refractivity contribution >= 4 is 5.91 Å². The van der Waals surface area contributed by atoms with Crippen LogP contribution in [0, 0.1) is 5.82 Å². The highest BCUT2D eigenvalue weighted by atomic mass is 19.1. The van der Waals surface area contributed by atoms with Crippen molar-refractivity contribution in [3.05, 3.63) is 54.1 Å². The molecule has 1 amide bonds. The summed E-state index contributed by atoms with van der Waals surface area (Å²) >= 11 is 0. The number of likely N-dealkylation sites (tertiary alicyclic amines) is 2. The van der Waals surface area contributed by atoms with Crippen LogP contribution >= 0.6 is 0 Å². The molecule has 1 aromatic carbocycles. The Labute approximate surface area is 153 Å². The molecule has 1 atom stereocenters. The average molecular weight is 353 g/mol. The van der Waals surface area contributed by atoms with Crippen molar-refractivity contribution in [2.45, 2.75) is 31.7 Å². The zero-order valence-electron chi connectivity index (χ0n) is 14.9. The third-order valence-corrected chi connectivity index (χ3v) is 5.50. The van der Waals surface area contributed by atoms with Gasteiger partial charge in [-0.15, -0.1) is 0 Å². The molecule has 0 saturated carbocycles. The lowest BCUT2D eigenvalue weighted by atomic mass is 10.0. The summed E-state index contributed by atoms with van der Waals surface area (Å²) in [5.41, 5.74) is 1.76. The van der Waals surface area contributed by atoms with Crippen molar-refractivity contribution in [3.8, 4) is 11.1 Å². The van der Waals surface area contributed by atoms with Gasteiger partial charge < -0.3 is 9.80 Å². The molecule has 2 aliphatic heterocycles. The molecule has 5 heteroatoms. The van der Waals surface area contributed by atoms with Gasteiger partial charge in [0, 0.05) is 37.1 Å². The summed E-state index contributed by atoms with van der Waals surface area (Å²) in [5.74, 6) is -0.634. The van der Waals surface area contributed by atoms with Crippen molar-refractivity contribution in [1.82, 2.24) is 14.8 Å². The van der Waals surface area contributed by atoms with Gasteiger partial charge in [-0.05, 0) is 62.5 Å². The maximum absolute atomic E-state index is 14.7. The monoisotopic (exact) mass is 353 g/mol. The van der Waals surface area contributed by atoms with Crippen LogP contribution < -0.4 is 0 Å². The summed E-state index contributed by atoms with van der Waals surface area (Å²) in [7, 11) is 0. The SMILES string of the molecule is O=C(c1ccc(-c2cccnc2)cc1F)N1CCC[C@H]1CN1CCCC1. The fraction of sp³-hybridized carbons (Fsp3) is 0.429. The van der Waals surface area contributed by atoms with E-state index in [-0.39, 0.29) is 17.5 Å². The third-order valence-electron chi connectivity index (χ3n) is 5.50. The second kappa shape index (κ2) is 7.54. The zero-order chi connectivity index (χ0) is 17.9. The Balaban J connectivity index is 1.52. The number of nitrogens with zero attached hydrogens (tertiary/aromatic N) is 3. The smallest absolute Gasteiger partial charge is 0.257 e. The minimum atomic E-state index is -0.455. The number of rotatable bonds is 4. The van der Waals surface area contributed by atoms with Crippen LogP contribution in [-0.2, 0) is 0 Å². The third kappa shape index (κ3) is 3.49. The Hall–Kier alpha value is -2.27. The van der Waals surface area contributed by atoms with E-state index in [1.807, 2.05) is 17.0 Å². The standard InChI is InChI=1S/C21H24FN3O/c22-20-13-16(17-5-3-9-23-14-17)7-8-19(20)21(26)25-12-4-6-18(25)15-24-10-1-2-11-24/h3,5,7-9,13-14,18H,1-2,4,6,10-12,15H2/t18-/m0/s1. The molecule has 0 bridgehead atoms. The number of aromatic nitrogens is 1. The maximum Gasteiger partial charge on any atom is 0.257 e. The fourth-order valence-corrected chi connectivity index (χ4v) is 4.11. The van der Waals surface area contributed by atoms with E-state index in [9.17, 15) is 9.18 Å². The van der Waals surface area contributed by atoms with Crippen LogP contribution in [0.15, 0.2) is 42.7 Å². The molecule has 0 aliphatic carbocycles. The lowest BCUT2D eigenvalue weighted by Gasteiger charge is -2.28. The highest BCUT2D eigenvalue weighted by Gasteiger charge is 2.32. The van der Waals surface area contributed by atoms with Crippen LogP contribution in [0.2, 0.25) is 0 Å². The topological polar surface area (TPSA) is 36.4 Å². The number of pyridine rings is 1. The molecule has 136 valence electrons. The molecule has 2 aliphatic rings. The van der Waals surface area contributed by atoms with Gasteiger partial charge in [-0.3, -0.25) is 9.78 Å². The van der Waals surface area contributed by atoms with Crippen molar-refractivity contribution < 1.29 is 9.18 Å². The first-order valence-electron chi connectivity index (χ1n) is 9.45. The number of carbonyl (C=O) groups excluding carboxylic acids is 1. The quantitative estimate of drug-likeness (QED) is 0.843. The number of carbonyl (C=O) groups is 1. The Bertz CT molecular complexity index is 774. The van der Waals surface area contributed by atoms with Gasteiger partial charge in [0.15, 0.2) is 0 Å². The summed E-state index contributed by atoms with van der Waals surface area (Å²) in [6, 6.07) is 8.77. The molecule has 0 radical (unpaired) electrons. The average Bonchev–Trinajstić information content (AvgIpc) is 3.34. The normalized spacial score (nSPS) is 20.7. The zero-order valence-corrected chi connectivity index (χ0v) is 14.9. The summed E-state index contributed by atoms with van der Waals surface area (Å²) in [6.07, 6.45) is 7.88. The van der Waals surface area contributed by atoms with Crippen LogP contribution in [0.5, 0.6) is 0 Å². The van der Waals surface area contributed by atoms with Crippen molar-refractivity contribution in [2.24, 2.45) is 0 Å². The number of benzene rings is 1. The summed E-state index contributed by atoms with van der Waals surface area (Å²) in [6.45, 7) is 3.88. The van der Waals surface area contributed by atoms with E-state index in [1.165, 1.54) is 18.9 Å². The van der Waals surface area contributed by atoms with Crippen molar-refractivity contribution in [2.75, 3.05) is 26.2 Å². The molecule has 4 rings (SSSR count). The fourth-order valence-electron chi connectivity index (χ4n) is 4.11. The van der Waals surface area contributed by atoms with E-state index in [0.29, 0.717) is 0 Å². The first-order valence-corrected chi connectivity index (χ1v) is 9.45. The van der Waals surface area contributed by atoms with Crippen LogP contribution in [-0.4, -0.2) is 52.9 Å². The van der Waals surface area contributed by atoms with Crippen LogP contribution in [0.3, 0.4) is 0 Å². The number of halogens is 1. The molecular weight excluding hydrogens is 329 g/mol. The van der Waals surface area contributed by atoms with Crippen LogP contribution in [0.1, 0.15) is 36.0 Å². The van der Waals surface area contributed by atoms with E-state index < -0.39 is 5.82 Å². The molecule has 26 heavy (non-hydrogen) atoms. The molecule has 0 unspecified atom stereocenters. The molecule has 2 fully saturated rings. The minimum absolute atomic E-state index is 0.172. The van der Waals surface area contributed by atoms with Gasteiger partial charge >= 0.3 is 0 Å². The summed E-state index contributed by atoms with van der Waals surface area (Å²) < 4.78 is 14.7.